The summed E-state index contributed by atoms with van der Waals surface area (Å²) in [6.07, 6.45) is 2.95. The van der Waals surface area contributed by atoms with E-state index in [0.29, 0.717) is 32.0 Å². The lowest BCUT2D eigenvalue weighted by atomic mass is 9.83. The molecule has 0 bridgehead atoms. The van der Waals surface area contributed by atoms with Crippen molar-refractivity contribution in [1.82, 2.24) is 9.80 Å². The van der Waals surface area contributed by atoms with Crippen LogP contribution in [0.1, 0.15) is 49.8 Å². The van der Waals surface area contributed by atoms with E-state index in [2.05, 4.69) is 67.7 Å². The van der Waals surface area contributed by atoms with E-state index in [0.717, 1.165) is 30.6 Å². The van der Waals surface area contributed by atoms with Gasteiger partial charge < -0.3 is 15.1 Å². The summed E-state index contributed by atoms with van der Waals surface area (Å²) in [7, 11) is 1.83. The van der Waals surface area contributed by atoms with Gasteiger partial charge in [0, 0.05) is 56.7 Å². The molecule has 1 aliphatic heterocycles. The van der Waals surface area contributed by atoms with Crippen LogP contribution in [-0.2, 0) is 28.0 Å². The third-order valence-electron chi connectivity index (χ3n) is 6.91. The fraction of sp³-hybridized carbons (Fsp3) is 0.481. The smallest absolute Gasteiger partial charge is 0.379 e. The first-order valence-corrected chi connectivity index (χ1v) is 12.0. The maximum Gasteiger partial charge on any atom is 0.379 e. The molecular formula is C27H34F3N3O2. The van der Waals surface area contributed by atoms with Crippen LogP contribution >= 0.6 is 0 Å². The largest absolute Gasteiger partial charge is 0.381 e. The zero-order chi connectivity index (χ0) is 25.6. The Balaban J connectivity index is 0.000000795. The summed E-state index contributed by atoms with van der Waals surface area (Å²) >= 11 is 0. The molecule has 1 saturated heterocycles. The number of nitrogens with one attached hydrogen (secondary N) is 1. The van der Waals surface area contributed by atoms with Gasteiger partial charge in [-0.25, -0.2) is 0 Å². The van der Waals surface area contributed by atoms with Crippen LogP contribution in [0.4, 0.5) is 18.9 Å². The van der Waals surface area contributed by atoms with Gasteiger partial charge in [-0.2, -0.15) is 13.2 Å². The SMILES string of the molecule is CN(Cc1ccc(NC2Cc3ccccc3C2(C)C)cc1)C(=O)CCN1CCCC1=O.FC(F)F. The highest BCUT2D eigenvalue weighted by Crippen LogP contribution is 2.39. The second kappa shape index (κ2) is 11.6. The van der Waals surface area contributed by atoms with Gasteiger partial charge in [-0.15, -0.1) is 0 Å². The number of carbonyl (C=O) groups is 2. The predicted molar refractivity (Wildman–Crippen MR) is 131 cm³/mol. The molecule has 0 spiro atoms. The molecule has 1 fully saturated rings. The van der Waals surface area contributed by atoms with Crippen LogP contribution in [0.5, 0.6) is 0 Å². The van der Waals surface area contributed by atoms with Gasteiger partial charge in [0.15, 0.2) is 0 Å². The summed E-state index contributed by atoms with van der Waals surface area (Å²) in [5, 5.41) is 3.72. The van der Waals surface area contributed by atoms with Gasteiger partial charge in [-0.3, -0.25) is 9.59 Å². The quantitative estimate of drug-likeness (QED) is 0.585. The number of alkyl halides is 3. The Bertz CT molecular complexity index is 1010. The van der Waals surface area contributed by atoms with E-state index >= 15 is 0 Å². The third kappa shape index (κ3) is 6.99. The lowest BCUT2D eigenvalue weighted by Gasteiger charge is -2.30. The molecule has 0 aromatic heterocycles. The van der Waals surface area contributed by atoms with E-state index in [4.69, 9.17) is 0 Å². The average molecular weight is 490 g/mol. The summed E-state index contributed by atoms with van der Waals surface area (Å²) < 4.78 is 29.0. The summed E-state index contributed by atoms with van der Waals surface area (Å²) in [5.41, 5.74) is 5.15. The average Bonchev–Trinajstić information content (AvgIpc) is 3.33. The molecule has 5 nitrogen and oxygen atoms in total. The molecule has 1 unspecified atom stereocenters. The normalized spacial score (nSPS) is 18.2. The standard InChI is InChI=1S/C26H33N3O2.CHF3/c1-26(2)22-8-5-4-7-20(22)17-23(26)27-21-12-10-19(11-13-21)18-28(3)24(30)14-16-29-15-6-9-25(29)31;2-1(3)4/h4-5,7-8,10-13,23,27H,6,9,14-18H2,1-3H3;1H. The topological polar surface area (TPSA) is 52.7 Å². The summed E-state index contributed by atoms with van der Waals surface area (Å²) in [4.78, 5) is 27.7. The molecule has 2 amide bonds. The third-order valence-corrected chi connectivity index (χ3v) is 6.91. The maximum atomic E-state index is 12.5. The van der Waals surface area contributed by atoms with Gasteiger partial charge in [0.1, 0.15) is 0 Å². The minimum atomic E-state index is -3.67. The molecule has 4 rings (SSSR count). The fourth-order valence-corrected chi connectivity index (χ4v) is 4.85. The summed E-state index contributed by atoms with van der Waals surface area (Å²) in [6, 6.07) is 17.5. The number of likely N-dealkylation sites (tertiary alicyclic amines) is 1. The number of nitrogens with zero attached hydrogens (tertiary/aromatic N) is 2. The summed E-state index contributed by atoms with van der Waals surface area (Å²) in [5.74, 6) is 0.249. The first kappa shape index (κ1) is 26.6. The molecule has 0 saturated carbocycles. The van der Waals surface area contributed by atoms with Gasteiger partial charge in [0.25, 0.3) is 0 Å². The maximum absolute atomic E-state index is 12.5. The number of benzene rings is 2. The van der Waals surface area contributed by atoms with Crippen molar-refractivity contribution in [2.45, 2.75) is 64.2 Å². The van der Waals surface area contributed by atoms with Gasteiger partial charge in [0.2, 0.25) is 11.8 Å². The first-order valence-electron chi connectivity index (χ1n) is 12.0. The Labute approximate surface area is 205 Å². The van der Waals surface area contributed by atoms with Crippen molar-refractivity contribution in [1.29, 1.82) is 0 Å². The highest BCUT2D eigenvalue weighted by molar-refractivity contribution is 5.80. The van der Waals surface area contributed by atoms with Crippen molar-refractivity contribution >= 4 is 17.5 Å². The predicted octanol–water partition coefficient (Wildman–Crippen LogP) is 5.15. The lowest BCUT2D eigenvalue weighted by molar-refractivity contribution is -0.132. The van der Waals surface area contributed by atoms with Crippen LogP contribution in [0.25, 0.3) is 0 Å². The zero-order valence-corrected chi connectivity index (χ0v) is 20.6. The van der Waals surface area contributed by atoms with Crippen molar-refractivity contribution in [3.8, 4) is 0 Å². The van der Waals surface area contributed by atoms with Crippen LogP contribution in [0.2, 0.25) is 0 Å². The second-order valence-electron chi connectivity index (χ2n) is 9.71. The molecule has 1 aliphatic carbocycles. The number of carbonyl (C=O) groups excluding carboxylic acids is 2. The van der Waals surface area contributed by atoms with E-state index in [1.165, 1.54) is 11.1 Å². The molecule has 8 heteroatoms. The number of halogens is 3. The van der Waals surface area contributed by atoms with Gasteiger partial charge in [-0.05, 0) is 41.7 Å². The van der Waals surface area contributed by atoms with Gasteiger partial charge in [0.05, 0.1) is 0 Å². The zero-order valence-electron chi connectivity index (χ0n) is 20.6. The Morgan fingerprint density at radius 1 is 1.14 bits per heavy atom. The molecule has 35 heavy (non-hydrogen) atoms. The number of rotatable bonds is 7. The molecule has 2 aliphatic rings. The molecule has 0 radical (unpaired) electrons. The van der Waals surface area contributed by atoms with E-state index in [1.54, 1.807) is 9.80 Å². The van der Waals surface area contributed by atoms with E-state index in [9.17, 15) is 22.8 Å². The fourth-order valence-electron chi connectivity index (χ4n) is 4.85. The van der Waals surface area contributed by atoms with Crippen LogP contribution in [0, 0.1) is 0 Å². The van der Waals surface area contributed by atoms with Gasteiger partial charge in [-0.1, -0.05) is 50.2 Å². The number of hydrogen-bond acceptors (Lipinski definition) is 3. The molecule has 190 valence electrons. The van der Waals surface area contributed by atoms with Crippen LogP contribution in [0.3, 0.4) is 0 Å². The summed E-state index contributed by atoms with van der Waals surface area (Å²) in [6.45, 7) is 2.84. The van der Waals surface area contributed by atoms with E-state index in [1.807, 2.05) is 7.05 Å². The molecule has 2 aromatic carbocycles. The Morgan fingerprint density at radius 3 is 2.40 bits per heavy atom. The van der Waals surface area contributed by atoms with Crippen molar-refractivity contribution in [3.05, 3.63) is 65.2 Å². The number of hydrogen-bond donors (Lipinski definition) is 1. The van der Waals surface area contributed by atoms with Gasteiger partial charge >= 0.3 is 6.68 Å². The molecule has 1 heterocycles. The Morgan fingerprint density at radius 2 is 1.80 bits per heavy atom. The van der Waals surface area contributed by atoms with Crippen molar-refractivity contribution < 1.29 is 22.8 Å². The van der Waals surface area contributed by atoms with Crippen LogP contribution in [0.15, 0.2) is 48.5 Å². The highest BCUT2D eigenvalue weighted by Gasteiger charge is 2.38. The lowest BCUT2D eigenvalue weighted by Crippen LogP contribution is -2.36. The number of anilines is 1. The van der Waals surface area contributed by atoms with E-state index in [-0.39, 0.29) is 17.2 Å². The Kier molecular flexibility index (Phi) is 8.81. The minimum absolute atomic E-state index is 0.0763. The van der Waals surface area contributed by atoms with E-state index < -0.39 is 6.68 Å². The second-order valence-corrected chi connectivity index (χ2v) is 9.71. The molecule has 1 atom stereocenters. The van der Waals surface area contributed by atoms with Crippen LogP contribution < -0.4 is 5.32 Å². The number of fused-ring (bicyclic) bond motifs is 1. The van der Waals surface area contributed by atoms with Crippen molar-refractivity contribution in [2.24, 2.45) is 0 Å². The molecular weight excluding hydrogens is 455 g/mol. The van der Waals surface area contributed by atoms with Crippen LogP contribution in [-0.4, -0.2) is 54.5 Å². The number of amides is 2. The molecule has 2 aromatic rings. The Hall–Kier alpha value is -3.03. The van der Waals surface area contributed by atoms with Crippen molar-refractivity contribution in [2.75, 3.05) is 25.5 Å². The first-order chi connectivity index (χ1) is 16.6. The van der Waals surface area contributed by atoms with Crippen molar-refractivity contribution in [3.63, 3.8) is 0 Å². The monoisotopic (exact) mass is 489 g/mol. The molecule has 1 N–H and O–H groups in total. The minimum Gasteiger partial charge on any atom is -0.381 e. The highest BCUT2D eigenvalue weighted by atomic mass is 19.4.